The van der Waals surface area contributed by atoms with Crippen molar-refractivity contribution in [3.8, 4) is 0 Å². The van der Waals surface area contributed by atoms with Crippen LogP contribution in [-0.2, 0) is 4.79 Å². The molecule has 4 nitrogen and oxygen atoms in total. The molecule has 1 unspecified atom stereocenters. The summed E-state index contributed by atoms with van der Waals surface area (Å²) in [5, 5.41) is 3.13. The zero-order chi connectivity index (χ0) is 13.8. The average Bonchev–Trinajstić information content (AvgIpc) is 2.42. The molecule has 1 saturated heterocycles. The minimum absolute atomic E-state index is 0.0502. The number of benzene rings is 1. The minimum atomic E-state index is -0.0502. The Bertz CT molecular complexity index is 435. The van der Waals surface area contributed by atoms with Crippen LogP contribution in [0.3, 0.4) is 0 Å². The molecule has 19 heavy (non-hydrogen) atoms. The number of carbonyl (C=O) groups excluding carboxylic acids is 1. The maximum absolute atomic E-state index is 12.4. The number of anilines is 1. The molecule has 1 aliphatic rings. The molecule has 0 aliphatic carbocycles. The number of rotatable bonds is 4. The Kier molecular flexibility index (Phi) is 4.96. The van der Waals surface area contributed by atoms with Gasteiger partial charge in [0.25, 0.3) is 0 Å². The first-order chi connectivity index (χ1) is 9.13. The van der Waals surface area contributed by atoms with Gasteiger partial charge >= 0.3 is 0 Å². The molecule has 1 atom stereocenters. The molecular formula is C14H20BrN3O. The lowest BCUT2D eigenvalue weighted by atomic mass is 10.1. The van der Waals surface area contributed by atoms with Crippen molar-refractivity contribution in [3.63, 3.8) is 0 Å². The molecule has 1 N–H and O–H groups in total. The van der Waals surface area contributed by atoms with Gasteiger partial charge in [0.05, 0.1) is 6.04 Å². The van der Waals surface area contributed by atoms with Crippen molar-refractivity contribution in [1.82, 2.24) is 10.2 Å². The molecule has 2 rings (SSSR count). The molecule has 1 aromatic carbocycles. The van der Waals surface area contributed by atoms with E-state index in [0.717, 1.165) is 36.3 Å². The van der Waals surface area contributed by atoms with E-state index >= 15 is 0 Å². The molecule has 1 fully saturated rings. The van der Waals surface area contributed by atoms with Crippen molar-refractivity contribution in [1.29, 1.82) is 0 Å². The number of piperazine rings is 1. The summed E-state index contributed by atoms with van der Waals surface area (Å²) in [7, 11) is 1.94. The molecule has 0 radical (unpaired) electrons. The van der Waals surface area contributed by atoms with E-state index in [1.807, 2.05) is 43.1 Å². The summed E-state index contributed by atoms with van der Waals surface area (Å²) >= 11 is 3.42. The number of likely N-dealkylation sites (N-methyl/N-ethyl adjacent to an activating group) is 1. The van der Waals surface area contributed by atoms with Gasteiger partial charge in [-0.25, -0.2) is 0 Å². The van der Waals surface area contributed by atoms with E-state index in [1.54, 1.807) is 0 Å². The fourth-order valence-corrected chi connectivity index (χ4v) is 2.62. The van der Waals surface area contributed by atoms with Crippen LogP contribution in [-0.4, -0.2) is 50.1 Å². The van der Waals surface area contributed by atoms with Gasteiger partial charge in [0.1, 0.15) is 0 Å². The van der Waals surface area contributed by atoms with Crippen LogP contribution in [0.2, 0.25) is 0 Å². The lowest BCUT2D eigenvalue weighted by Crippen LogP contribution is -2.57. The van der Waals surface area contributed by atoms with Gasteiger partial charge in [-0.3, -0.25) is 9.69 Å². The summed E-state index contributed by atoms with van der Waals surface area (Å²) < 4.78 is 1.03. The second-order valence-electron chi connectivity index (χ2n) is 4.78. The molecular weight excluding hydrogens is 306 g/mol. The molecule has 1 amide bonds. The zero-order valence-corrected chi connectivity index (χ0v) is 13.0. The van der Waals surface area contributed by atoms with Gasteiger partial charge in [0.15, 0.2) is 0 Å². The highest BCUT2D eigenvalue weighted by Crippen LogP contribution is 2.22. The van der Waals surface area contributed by atoms with E-state index in [9.17, 15) is 4.79 Å². The molecule has 1 aromatic rings. The van der Waals surface area contributed by atoms with Crippen LogP contribution in [0.4, 0.5) is 5.69 Å². The number of nitrogens with zero attached hydrogens (tertiary/aromatic N) is 2. The normalized spacial score (nSPS) is 20.9. The van der Waals surface area contributed by atoms with Crippen molar-refractivity contribution in [3.05, 3.63) is 28.7 Å². The summed E-state index contributed by atoms with van der Waals surface area (Å²) in [5.41, 5.74) is 0.980. The van der Waals surface area contributed by atoms with Crippen LogP contribution in [0.15, 0.2) is 28.7 Å². The third-order valence-corrected chi connectivity index (χ3v) is 4.10. The van der Waals surface area contributed by atoms with E-state index in [0.29, 0.717) is 0 Å². The van der Waals surface area contributed by atoms with Gasteiger partial charge in [-0.2, -0.15) is 0 Å². The minimum Gasteiger partial charge on any atom is -0.318 e. The quantitative estimate of drug-likeness (QED) is 0.915. The van der Waals surface area contributed by atoms with E-state index < -0.39 is 0 Å². The smallest absolute Gasteiger partial charge is 0.244 e. The maximum Gasteiger partial charge on any atom is 0.244 e. The Morgan fingerprint density at radius 1 is 1.32 bits per heavy atom. The van der Waals surface area contributed by atoms with Crippen molar-refractivity contribution < 1.29 is 4.79 Å². The molecule has 5 heteroatoms. The second kappa shape index (κ2) is 6.50. The van der Waals surface area contributed by atoms with Crippen molar-refractivity contribution in [2.24, 2.45) is 0 Å². The van der Waals surface area contributed by atoms with Crippen LogP contribution in [0.25, 0.3) is 0 Å². The summed E-state index contributed by atoms with van der Waals surface area (Å²) in [5.74, 6) is 0.185. The fraction of sp³-hybridized carbons (Fsp3) is 0.500. The standard InChI is InChI=1S/C14H20BrN3O/c1-11-14(19)18(10-9-17(11)8-7-16-2)13-5-3-12(15)4-6-13/h3-6,11,16H,7-10H2,1-2H3. The summed E-state index contributed by atoms with van der Waals surface area (Å²) in [6.45, 7) is 5.50. The Hall–Kier alpha value is -0.910. The van der Waals surface area contributed by atoms with E-state index in [2.05, 4.69) is 26.1 Å². The Morgan fingerprint density at radius 3 is 2.63 bits per heavy atom. The number of amides is 1. The second-order valence-corrected chi connectivity index (χ2v) is 5.70. The van der Waals surface area contributed by atoms with Crippen LogP contribution in [0.1, 0.15) is 6.92 Å². The summed E-state index contributed by atoms with van der Waals surface area (Å²) in [6.07, 6.45) is 0. The van der Waals surface area contributed by atoms with E-state index in [-0.39, 0.29) is 11.9 Å². The molecule has 0 aromatic heterocycles. The summed E-state index contributed by atoms with van der Waals surface area (Å²) in [4.78, 5) is 16.5. The molecule has 1 heterocycles. The molecule has 104 valence electrons. The van der Waals surface area contributed by atoms with Gasteiger partial charge in [-0.1, -0.05) is 15.9 Å². The third kappa shape index (κ3) is 3.35. The van der Waals surface area contributed by atoms with Crippen LogP contribution in [0, 0.1) is 0 Å². The number of halogens is 1. The molecule has 0 spiro atoms. The Balaban J connectivity index is 2.06. The van der Waals surface area contributed by atoms with Gasteiger partial charge in [-0.15, -0.1) is 0 Å². The van der Waals surface area contributed by atoms with Crippen molar-refractivity contribution in [2.45, 2.75) is 13.0 Å². The first kappa shape index (κ1) is 14.5. The van der Waals surface area contributed by atoms with Crippen LogP contribution >= 0.6 is 15.9 Å². The lowest BCUT2D eigenvalue weighted by molar-refractivity contribution is -0.125. The first-order valence-electron chi connectivity index (χ1n) is 6.59. The lowest BCUT2D eigenvalue weighted by Gasteiger charge is -2.39. The molecule has 0 saturated carbocycles. The van der Waals surface area contributed by atoms with Crippen LogP contribution < -0.4 is 10.2 Å². The predicted molar refractivity (Wildman–Crippen MR) is 81.5 cm³/mol. The highest BCUT2D eigenvalue weighted by Gasteiger charge is 2.31. The van der Waals surface area contributed by atoms with Gasteiger partial charge < -0.3 is 10.2 Å². The van der Waals surface area contributed by atoms with Gasteiger partial charge in [-0.05, 0) is 38.2 Å². The SMILES string of the molecule is CNCCN1CCN(c2ccc(Br)cc2)C(=O)C1C. The van der Waals surface area contributed by atoms with E-state index in [1.165, 1.54) is 0 Å². The van der Waals surface area contributed by atoms with Crippen molar-refractivity contribution >= 4 is 27.5 Å². The molecule has 1 aliphatic heterocycles. The average molecular weight is 326 g/mol. The highest BCUT2D eigenvalue weighted by atomic mass is 79.9. The van der Waals surface area contributed by atoms with Crippen molar-refractivity contribution in [2.75, 3.05) is 38.1 Å². The predicted octanol–water partition coefficient (Wildman–Crippen LogP) is 1.71. The summed E-state index contributed by atoms with van der Waals surface area (Å²) in [6, 6.07) is 7.86. The highest BCUT2D eigenvalue weighted by molar-refractivity contribution is 9.10. The van der Waals surface area contributed by atoms with Gasteiger partial charge in [0, 0.05) is 36.3 Å². The number of nitrogens with one attached hydrogen (secondary N) is 1. The topological polar surface area (TPSA) is 35.6 Å². The Labute approximate surface area is 122 Å². The fourth-order valence-electron chi connectivity index (χ4n) is 2.35. The monoisotopic (exact) mass is 325 g/mol. The number of hydrogen-bond donors (Lipinski definition) is 1. The van der Waals surface area contributed by atoms with E-state index in [4.69, 9.17) is 0 Å². The zero-order valence-electron chi connectivity index (χ0n) is 11.4. The maximum atomic E-state index is 12.4. The first-order valence-corrected chi connectivity index (χ1v) is 7.38. The largest absolute Gasteiger partial charge is 0.318 e. The number of hydrogen-bond acceptors (Lipinski definition) is 3. The van der Waals surface area contributed by atoms with Gasteiger partial charge in [0.2, 0.25) is 5.91 Å². The third-order valence-electron chi connectivity index (χ3n) is 3.57. The van der Waals surface area contributed by atoms with Crippen LogP contribution in [0.5, 0.6) is 0 Å². The molecule has 0 bridgehead atoms. The number of carbonyl (C=O) groups is 1. The Morgan fingerprint density at radius 2 is 2.00 bits per heavy atom.